The van der Waals surface area contributed by atoms with Crippen LogP contribution < -0.4 is 10.2 Å². The number of carbonyl (C=O) groups is 2. The first-order valence-electron chi connectivity index (χ1n) is 6.60. The van der Waals surface area contributed by atoms with Gasteiger partial charge in [0.1, 0.15) is 6.54 Å². The highest BCUT2D eigenvalue weighted by Crippen LogP contribution is 2.17. The Kier molecular flexibility index (Phi) is 4.61. The second-order valence-electron chi connectivity index (χ2n) is 4.69. The molecule has 0 unspecified atom stereocenters. The summed E-state index contributed by atoms with van der Waals surface area (Å²) in [6, 6.07) is 9.03. The SMILES string of the molecule is N#Cc1ccc(N2CCN(C(=O)NCC(=O)O)CC2)cc1. The molecular formula is C14H16N4O3. The van der Waals surface area contributed by atoms with E-state index in [0.29, 0.717) is 31.7 Å². The smallest absolute Gasteiger partial charge is 0.323 e. The van der Waals surface area contributed by atoms with Crippen LogP contribution in [0.5, 0.6) is 0 Å². The third-order valence-corrected chi connectivity index (χ3v) is 3.32. The van der Waals surface area contributed by atoms with Gasteiger partial charge < -0.3 is 20.2 Å². The molecule has 2 amide bonds. The van der Waals surface area contributed by atoms with E-state index in [2.05, 4.69) is 16.3 Å². The molecule has 21 heavy (non-hydrogen) atoms. The number of carbonyl (C=O) groups excluding carboxylic acids is 1. The van der Waals surface area contributed by atoms with Crippen molar-refractivity contribution >= 4 is 17.7 Å². The second kappa shape index (κ2) is 6.61. The van der Waals surface area contributed by atoms with E-state index in [9.17, 15) is 9.59 Å². The lowest BCUT2D eigenvalue weighted by Crippen LogP contribution is -2.52. The minimum Gasteiger partial charge on any atom is -0.480 e. The number of benzene rings is 1. The molecule has 1 aliphatic heterocycles. The van der Waals surface area contributed by atoms with Gasteiger partial charge >= 0.3 is 12.0 Å². The molecule has 0 aromatic heterocycles. The molecule has 1 aliphatic rings. The van der Waals surface area contributed by atoms with Gasteiger partial charge in [0.05, 0.1) is 11.6 Å². The van der Waals surface area contributed by atoms with Gasteiger partial charge in [0, 0.05) is 31.9 Å². The molecule has 0 aliphatic carbocycles. The Hall–Kier alpha value is -2.75. The first-order chi connectivity index (χ1) is 10.1. The monoisotopic (exact) mass is 288 g/mol. The van der Waals surface area contributed by atoms with Gasteiger partial charge in [-0.2, -0.15) is 5.26 Å². The predicted molar refractivity (Wildman–Crippen MR) is 76.0 cm³/mol. The maximum Gasteiger partial charge on any atom is 0.323 e. The quantitative estimate of drug-likeness (QED) is 0.843. The van der Waals surface area contributed by atoms with Crippen molar-refractivity contribution in [1.82, 2.24) is 10.2 Å². The number of anilines is 1. The Balaban J connectivity index is 1.86. The Morgan fingerprint density at radius 3 is 2.33 bits per heavy atom. The van der Waals surface area contributed by atoms with Gasteiger partial charge in [0.15, 0.2) is 0 Å². The molecule has 0 atom stereocenters. The van der Waals surface area contributed by atoms with Gasteiger partial charge in [-0.25, -0.2) is 4.79 Å². The Morgan fingerprint density at radius 1 is 1.19 bits per heavy atom. The van der Waals surface area contributed by atoms with Gasteiger partial charge in [0.25, 0.3) is 0 Å². The minimum absolute atomic E-state index is 0.350. The van der Waals surface area contributed by atoms with Gasteiger partial charge in [-0.1, -0.05) is 0 Å². The fourth-order valence-electron chi connectivity index (χ4n) is 2.18. The molecule has 1 heterocycles. The Morgan fingerprint density at radius 2 is 1.81 bits per heavy atom. The zero-order valence-electron chi connectivity index (χ0n) is 11.5. The van der Waals surface area contributed by atoms with E-state index in [1.807, 2.05) is 12.1 Å². The number of carboxylic acid groups (broad SMARTS) is 1. The number of nitrogens with one attached hydrogen (secondary N) is 1. The molecule has 0 radical (unpaired) electrons. The maximum atomic E-state index is 11.7. The zero-order valence-corrected chi connectivity index (χ0v) is 11.5. The van der Waals surface area contributed by atoms with Crippen molar-refractivity contribution in [1.29, 1.82) is 5.26 Å². The molecule has 1 aromatic carbocycles. The average Bonchev–Trinajstić information content (AvgIpc) is 2.53. The topological polar surface area (TPSA) is 96.7 Å². The highest BCUT2D eigenvalue weighted by Gasteiger charge is 2.21. The van der Waals surface area contributed by atoms with Crippen molar-refractivity contribution < 1.29 is 14.7 Å². The summed E-state index contributed by atoms with van der Waals surface area (Å²) in [6.45, 7) is 2.05. The van der Waals surface area contributed by atoms with Crippen LogP contribution in [0.25, 0.3) is 0 Å². The average molecular weight is 288 g/mol. The summed E-state index contributed by atoms with van der Waals surface area (Å²) in [5.74, 6) is -1.06. The molecule has 7 nitrogen and oxygen atoms in total. The predicted octanol–water partition coefficient (Wildman–Crippen LogP) is 0.474. The summed E-state index contributed by atoms with van der Waals surface area (Å²) in [5, 5.41) is 19.7. The van der Waals surface area contributed by atoms with Crippen LogP contribution in [0.1, 0.15) is 5.56 Å². The van der Waals surface area contributed by atoms with Crippen LogP contribution in [0, 0.1) is 11.3 Å². The number of urea groups is 1. The number of hydrogen-bond donors (Lipinski definition) is 2. The van der Waals surface area contributed by atoms with Crippen LogP contribution in [0.15, 0.2) is 24.3 Å². The summed E-state index contributed by atoms with van der Waals surface area (Å²) in [4.78, 5) is 25.9. The Labute approximate surface area is 122 Å². The van der Waals surface area contributed by atoms with E-state index in [1.165, 1.54) is 0 Å². The van der Waals surface area contributed by atoms with Crippen molar-refractivity contribution in [2.45, 2.75) is 0 Å². The summed E-state index contributed by atoms with van der Waals surface area (Å²) >= 11 is 0. The number of aliphatic carboxylic acids is 1. The number of nitrogens with zero attached hydrogens (tertiary/aromatic N) is 3. The standard InChI is InChI=1S/C14H16N4O3/c15-9-11-1-3-12(4-2-11)17-5-7-18(8-6-17)14(21)16-10-13(19)20/h1-4H,5-8,10H2,(H,16,21)(H,19,20). The van der Waals surface area contributed by atoms with Crippen molar-refractivity contribution in [3.8, 4) is 6.07 Å². The number of amides is 2. The number of rotatable bonds is 3. The highest BCUT2D eigenvalue weighted by molar-refractivity contribution is 5.80. The van der Waals surface area contributed by atoms with Crippen molar-refractivity contribution in [3.05, 3.63) is 29.8 Å². The fourth-order valence-corrected chi connectivity index (χ4v) is 2.18. The molecule has 7 heteroatoms. The molecule has 2 rings (SSSR count). The second-order valence-corrected chi connectivity index (χ2v) is 4.69. The van der Waals surface area contributed by atoms with E-state index >= 15 is 0 Å². The van der Waals surface area contributed by atoms with Crippen LogP contribution in [-0.4, -0.2) is 54.7 Å². The number of piperazine rings is 1. The van der Waals surface area contributed by atoms with E-state index in [4.69, 9.17) is 10.4 Å². The third kappa shape index (κ3) is 3.86. The first-order valence-corrected chi connectivity index (χ1v) is 6.60. The van der Waals surface area contributed by atoms with Crippen LogP contribution in [0.2, 0.25) is 0 Å². The number of carboxylic acids is 1. The van der Waals surface area contributed by atoms with Gasteiger partial charge in [0.2, 0.25) is 0 Å². The lowest BCUT2D eigenvalue weighted by molar-refractivity contribution is -0.135. The van der Waals surface area contributed by atoms with Crippen LogP contribution in [0.4, 0.5) is 10.5 Å². The molecule has 110 valence electrons. The summed E-state index contributed by atoms with van der Waals surface area (Å²) in [7, 11) is 0. The van der Waals surface area contributed by atoms with Crippen LogP contribution >= 0.6 is 0 Å². The van der Waals surface area contributed by atoms with E-state index in [0.717, 1.165) is 5.69 Å². The number of nitriles is 1. The molecule has 0 saturated carbocycles. The van der Waals surface area contributed by atoms with E-state index in [1.54, 1.807) is 17.0 Å². The van der Waals surface area contributed by atoms with Gasteiger partial charge in [-0.05, 0) is 24.3 Å². The molecule has 2 N–H and O–H groups in total. The first kappa shape index (κ1) is 14.7. The summed E-state index contributed by atoms with van der Waals surface area (Å²) in [6.07, 6.45) is 0. The maximum absolute atomic E-state index is 11.7. The highest BCUT2D eigenvalue weighted by atomic mass is 16.4. The third-order valence-electron chi connectivity index (χ3n) is 3.32. The van der Waals surface area contributed by atoms with E-state index in [-0.39, 0.29) is 12.6 Å². The fraction of sp³-hybridized carbons (Fsp3) is 0.357. The number of hydrogen-bond acceptors (Lipinski definition) is 4. The van der Waals surface area contributed by atoms with Crippen LogP contribution in [-0.2, 0) is 4.79 Å². The van der Waals surface area contributed by atoms with Crippen molar-refractivity contribution in [3.63, 3.8) is 0 Å². The van der Waals surface area contributed by atoms with Crippen LogP contribution in [0.3, 0.4) is 0 Å². The Bertz CT molecular complexity index is 557. The zero-order chi connectivity index (χ0) is 15.2. The molecule has 1 aromatic rings. The summed E-state index contributed by atoms with van der Waals surface area (Å²) < 4.78 is 0. The normalized spacial score (nSPS) is 14.4. The molecule has 0 spiro atoms. The molecular weight excluding hydrogens is 272 g/mol. The molecule has 0 bridgehead atoms. The van der Waals surface area contributed by atoms with E-state index < -0.39 is 5.97 Å². The largest absolute Gasteiger partial charge is 0.480 e. The lowest BCUT2D eigenvalue weighted by atomic mass is 10.2. The van der Waals surface area contributed by atoms with Gasteiger partial charge in [-0.3, -0.25) is 4.79 Å². The van der Waals surface area contributed by atoms with Crippen molar-refractivity contribution in [2.24, 2.45) is 0 Å². The van der Waals surface area contributed by atoms with Gasteiger partial charge in [-0.15, -0.1) is 0 Å². The summed E-state index contributed by atoms with van der Waals surface area (Å²) in [5.41, 5.74) is 1.63. The van der Waals surface area contributed by atoms with Crippen molar-refractivity contribution in [2.75, 3.05) is 37.6 Å². The molecule has 1 saturated heterocycles. The lowest BCUT2D eigenvalue weighted by Gasteiger charge is -2.36. The minimum atomic E-state index is -1.06. The molecule has 1 fully saturated rings.